The Labute approximate surface area is 101 Å². The van der Waals surface area contributed by atoms with Crippen molar-refractivity contribution in [2.24, 2.45) is 5.18 Å². The molecule has 0 radical (unpaired) electrons. The molecule has 1 aromatic carbocycles. The molecule has 0 spiro atoms. The van der Waals surface area contributed by atoms with Gasteiger partial charge in [-0.2, -0.15) is 0 Å². The van der Waals surface area contributed by atoms with Crippen LogP contribution in [0.15, 0.2) is 71.3 Å². The van der Waals surface area contributed by atoms with E-state index in [1.54, 1.807) is 0 Å². The minimum Gasteiger partial charge on any atom is -0.340 e. The van der Waals surface area contributed by atoms with Gasteiger partial charge in [-0.1, -0.05) is 36.4 Å². The molecule has 0 N–H and O–H groups in total. The van der Waals surface area contributed by atoms with Crippen molar-refractivity contribution >= 4 is 0 Å². The van der Waals surface area contributed by atoms with Crippen LogP contribution in [0.25, 0.3) is 0 Å². The van der Waals surface area contributed by atoms with E-state index in [1.807, 2.05) is 43.4 Å². The van der Waals surface area contributed by atoms with Crippen LogP contribution in [-0.2, 0) is 6.54 Å². The highest BCUT2D eigenvalue weighted by atomic mass is 16.2. The van der Waals surface area contributed by atoms with Crippen LogP contribution in [0.2, 0.25) is 0 Å². The summed E-state index contributed by atoms with van der Waals surface area (Å²) in [4.78, 5) is 12.4. The van der Waals surface area contributed by atoms with Crippen molar-refractivity contribution in [3.63, 3.8) is 0 Å². The number of nitroso groups, excluding NO2 is 1. The van der Waals surface area contributed by atoms with Crippen molar-refractivity contribution < 1.29 is 0 Å². The zero-order valence-corrected chi connectivity index (χ0v) is 9.71. The minimum atomic E-state index is 0.745. The first-order valence-electron chi connectivity index (χ1n) is 5.50. The van der Waals surface area contributed by atoms with Crippen LogP contribution in [0.1, 0.15) is 12.5 Å². The van der Waals surface area contributed by atoms with E-state index in [0.29, 0.717) is 0 Å². The van der Waals surface area contributed by atoms with Gasteiger partial charge in [-0.25, -0.2) is 0 Å². The summed E-state index contributed by atoms with van der Waals surface area (Å²) in [7, 11) is 0. The zero-order chi connectivity index (χ0) is 12.1. The minimum absolute atomic E-state index is 0.745. The quantitative estimate of drug-likeness (QED) is 0.738. The highest BCUT2D eigenvalue weighted by Gasteiger charge is 2.12. The van der Waals surface area contributed by atoms with E-state index in [2.05, 4.69) is 22.2 Å². The summed E-state index contributed by atoms with van der Waals surface area (Å²) in [5, 5.41) is 2.85. The highest BCUT2D eigenvalue weighted by molar-refractivity contribution is 5.32. The van der Waals surface area contributed by atoms with Crippen LogP contribution in [0, 0.1) is 4.91 Å². The van der Waals surface area contributed by atoms with Gasteiger partial charge in [0.1, 0.15) is 0 Å². The molecule has 0 saturated carbocycles. The molecular formula is C14H14N2O. The van der Waals surface area contributed by atoms with Gasteiger partial charge in [-0.05, 0) is 29.8 Å². The molecule has 0 bridgehead atoms. The Morgan fingerprint density at radius 2 is 2.06 bits per heavy atom. The lowest BCUT2D eigenvalue weighted by atomic mass is 10.1. The van der Waals surface area contributed by atoms with Gasteiger partial charge in [0.2, 0.25) is 0 Å². The molecule has 0 aromatic heterocycles. The Hall–Kier alpha value is -2.16. The molecule has 0 amide bonds. The molecule has 0 saturated heterocycles. The van der Waals surface area contributed by atoms with Crippen LogP contribution in [0.3, 0.4) is 0 Å². The van der Waals surface area contributed by atoms with Gasteiger partial charge >= 0.3 is 0 Å². The summed E-state index contributed by atoms with van der Waals surface area (Å²) in [6.45, 7) is 2.76. The van der Waals surface area contributed by atoms with Crippen molar-refractivity contribution in [1.29, 1.82) is 0 Å². The van der Waals surface area contributed by atoms with E-state index in [0.717, 1.165) is 17.9 Å². The molecule has 0 atom stereocenters. The van der Waals surface area contributed by atoms with Crippen molar-refractivity contribution in [2.45, 2.75) is 13.5 Å². The maximum absolute atomic E-state index is 10.4. The first kappa shape index (κ1) is 11.3. The maximum Gasteiger partial charge on any atom is 0.0951 e. The van der Waals surface area contributed by atoms with Gasteiger partial charge in [-0.15, -0.1) is 4.91 Å². The van der Waals surface area contributed by atoms with Crippen LogP contribution in [0.4, 0.5) is 0 Å². The molecule has 1 aliphatic heterocycles. The number of rotatable bonds is 3. The van der Waals surface area contributed by atoms with E-state index in [4.69, 9.17) is 0 Å². The lowest BCUT2D eigenvalue weighted by Gasteiger charge is -2.28. The molecular weight excluding hydrogens is 212 g/mol. The lowest BCUT2D eigenvalue weighted by Crippen LogP contribution is -2.21. The normalized spacial score (nSPS) is 17.1. The predicted octanol–water partition coefficient (Wildman–Crippen LogP) is 3.57. The van der Waals surface area contributed by atoms with Crippen LogP contribution >= 0.6 is 0 Å². The second-order valence-corrected chi connectivity index (χ2v) is 3.90. The van der Waals surface area contributed by atoms with Gasteiger partial charge < -0.3 is 4.90 Å². The first-order valence-corrected chi connectivity index (χ1v) is 5.50. The highest BCUT2D eigenvalue weighted by Crippen LogP contribution is 2.22. The standard InChI is InChI=1S/C14H14N2O/c1-12-6-5-9-14(10-15-17)16(12)11-13-7-3-2-4-8-13/h2-10H,11H2,1H3. The fraction of sp³-hybridized carbons (Fsp3) is 0.143. The van der Waals surface area contributed by atoms with Crippen LogP contribution in [-0.4, -0.2) is 4.90 Å². The molecule has 0 unspecified atom stereocenters. The largest absolute Gasteiger partial charge is 0.340 e. The van der Waals surface area contributed by atoms with Crippen LogP contribution < -0.4 is 0 Å². The molecule has 3 nitrogen and oxygen atoms in total. The summed E-state index contributed by atoms with van der Waals surface area (Å²) in [6, 6.07) is 10.1. The summed E-state index contributed by atoms with van der Waals surface area (Å²) < 4.78 is 0. The Morgan fingerprint density at radius 1 is 1.29 bits per heavy atom. The van der Waals surface area contributed by atoms with Gasteiger partial charge in [0.15, 0.2) is 0 Å². The maximum atomic E-state index is 10.4. The fourth-order valence-electron chi connectivity index (χ4n) is 1.82. The average Bonchev–Trinajstić information content (AvgIpc) is 2.35. The SMILES string of the molecule is CC1=CC=CC(=CN=O)N1Cc1ccccc1. The number of hydrogen-bond acceptors (Lipinski definition) is 3. The van der Waals surface area contributed by atoms with Crippen molar-refractivity contribution in [2.75, 3.05) is 0 Å². The molecule has 1 heterocycles. The van der Waals surface area contributed by atoms with Crippen molar-refractivity contribution in [3.8, 4) is 0 Å². The van der Waals surface area contributed by atoms with Gasteiger partial charge in [0, 0.05) is 12.2 Å². The van der Waals surface area contributed by atoms with Gasteiger partial charge in [-0.3, -0.25) is 0 Å². The summed E-state index contributed by atoms with van der Waals surface area (Å²) in [5.74, 6) is 0. The third-order valence-electron chi connectivity index (χ3n) is 2.71. The van der Waals surface area contributed by atoms with E-state index in [-0.39, 0.29) is 0 Å². The molecule has 3 heteroatoms. The monoisotopic (exact) mass is 226 g/mol. The Morgan fingerprint density at radius 3 is 2.76 bits per heavy atom. The molecule has 0 aliphatic carbocycles. The number of nitrogens with zero attached hydrogens (tertiary/aromatic N) is 2. The Bertz CT molecular complexity index is 486. The topological polar surface area (TPSA) is 32.7 Å². The molecule has 2 rings (SSSR count). The smallest absolute Gasteiger partial charge is 0.0951 e. The molecule has 17 heavy (non-hydrogen) atoms. The van der Waals surface area contributed by atoms with Crippen molar-refractivity contribution in [3.05, 3.63) is 76.6 Å². The molecule has 86 valence electrons. The summed E-state index contributed by atoms with van der Waals surface area (Å²) in [6.07, 6.45) is 7.17. The molecule has 0 fully saturated rings. The zero-order valence-electron chi connectivity index (χ0n) is 9.71. The Balaban J connectivity index is 2.23. The second-order valence-electron chi connectivity index (χ2n) is 3.90. The third-order valence-corrected chi connectivity index (χ3v) is 2.71. The summed E-state index contributed by atoms with van der Waals surface area (Å²) in [5.41, 5.74) is 3.13. The number of benzene rings is 1. The van der Waals surface area contributed by atoms with Gasteiger partial charge in [0.25, 0.3) is 0 Å². The van der Waals surface area contributed by atoms with E-state index in [1.165, 1.54) is 11.8 Å². The first-order chi connectivity index (χ1) is 8.31. The Kier molecular flexibility index (Phi) is 3.50. The fourth-order valence-corrected chi connectivity index (χ4v) is 1.82. The van der Waals surface area contributed by atoms with E-state index in [9.17, 15) is 4.91 Å². The molecule has 1 aromatic rings. The summed E-state index contributed by atoms with van der Waals surface area (Å²) >= 11 is 0. The lowest BCUT2D eigenvalue weighted by molar-refractivity contribution is 0.429. The van der Waals surface area contributed by atoms with E-state index < -0.39 is 0 Å². The van der Waals surface area contributed by atoms with E-state index >= 15 is 0 Å². The number of allylic oxidation sites excluding steroid dienone is 4. The van der Waals surface area contributed by atoms with Crippen LogP contribution in [0.5, 0.6) is 0 Å². The second kappa shape index (κ2) is 5.25. The predicted molar refractivity (Wildman–Crippen MR) is 68.8 cm³/mol. The molecule has 1 aliphatic rings. The number of hydrogen-bond donors (Lipinski definition) is 0. The van der Waals surface area contributed by atoms with Gasteiger partial charge in [0.05, 0.1) is 11.9 Å². The average molecular weight is 226 g/mol. The third kappa shape index (κ3) is 2.69. The van der Waals surface area contributed by atoms with Crippen molar-refractivity contribution in [1.82, 2.24) is 4.90 Å².